The molecular formula is C27H29IN2S2. The van der Waals surface area contributed by atoms with E-state index in [0.717, 1.165) is 19.5 Å². The highest BCUT2D eigenvalue weighted by Crippen LogP contribution is 2.46. The van der Waals surface area contributed by atoms with E-state index in [1.54, 1.807) is 0 Å². The van der Waals surface area contributed by atoms with Crippen LogP contribution >= 0.6 is 23.1 Å². The second kappa shape index (κ2) is 10.9. The van der Waals surface area contributed by atoms with E-state index in [1.165, 1.54) is 47.5 Å². The number of hydrogen-bond donors (Lipinski definition) is 0. The summed E-state index contributed by atoms with van der Waals surface area (Å²) in [7, 11) is 0. The number of thiazole rings is 1. The van der Waals surface area contributed by atoms with Gasteiger partial charge in [0.1, 0.15) is 11.2 Å². The molecule has 3 aromatic rings. The second-order valence-corrected chi connectivity index (χ2v) is 9.57. The maximum Gasteiger partial charge on any atom is 0.263 e. The van der Waals surface area contributed by atoms with Crippen molar-refractivity contribution >= 4 is 57.2 Å². The minimum absolute atomic E-state index is 0. The predicted octanol–water partition coefficient (Wildman–Crippen LogP) is 4.77. The summed E-state index contributed by atoms with van der Waals surface area (Å²) in [4.78, 5) is 3.72. The van der Waals surface area contributed by atoms with Crippen molar-refractivity contribution in [3.63, 3.8) is 0 Å². The average molecular weight is 573 g/mol. The number of rotatable bonds is 7. The summed E-state index contributed by atoms with van der Waals surface area (Å²) in [6.07, 6.45) is 9.55. The lowest BCUT2D eigenvalue weighted by Gasteiger charge is -2.18. The first-order chi connectivity index (χ1) is 15.1. The smallest absolute Gasteiger partial charge is 0.263 e. The van der Waals surface area contributed by atoms with Crippen molar-refractivity contribution in [1.29, 1.82) is 0 Å². The number of halogens is 1. The monoisotopic (exact) mass is 572 g/mol. The van der Waals surface area contributed by atoms with Gasteiger partial charge in [-0.15, -0.1) is 0 Å². The fraction of sp³-hybridized carbons (Fsp3) is 0.222. The Hall–Kier alpha value is -1.83. The molecule has 0 saturated carbocycles. The standard InChI is InChI=1S/C27H29N2S2.HI/c1-6-19-11-13-22-24(15-19)30-26(28(22)9-4)17-21(8-3)18-27-29(10-5)23-14-12-20(7-2)16-25(23)31-27;/h6-7,11-18H,1-2,8-10H2,3-5H3;1H/q+1;/p-1. The zero-order valence-corrected chi connectivity index (χ0v) is 22.7. The van der Waals surface area contributed by atoms with Gasteiger partial charge in [0.25, 0.3) is 5.01 Å². The molecule has 0 bridgehead atoms. The largest absolute Gasteiger partial charge is 1.00 e. The highest BCUT2D eigenvalue weighted by Gasteiger charge is 2.24. The van der Waals surface area contributed by atoms with E-state index in [-0.39, 0.29) is 24.0 Å². The van der Waals surface area contributed by atoms with Crippen LogP contribution < -0.4 is 33.4 Å². The molecule has 0 unspecified atom stereocenters. The van der Waals surface area contributed by atoms with Crippen LogP contribution in [0.15, 0.2) is 71.1 Å². The minimum atomic E-state index is 0. The van der Waals surface area contributed by atoms with Gasteiger partial charge in [0.2, 0.25) is 5.52 Å². The van der Waals surface area contributed by atoms with Gasteiger partial charge >= 0.3 is 0 Å². The summed E-state index contributed by atoms with van der Waals surface area (Å²) >= 11 is 3.71. The van der Waals surface area contributed by atoms with Gasteiger partial charge in [-0.1, -0.05) is 61.4 Å². The Morgan fingerprint density at radius 1 is 1.03 bits per heavy atom. The van der Waals surface area contributed by atoms with Gasteiger partial charge in [0.05, 0.1) is 10.7 Å². The summed E-state index contributed by atoms with van der Waals surface area (Å²) in [5, 5.41) is 2.59. The highest BCUT2D eigenvalue weighted by atomic mass is 127. The fourth-order valence-corrected chi connectivity index (χ4v) is 6.43. The van der Waals surface area contributed by atoms with E-state index < -0.39 is 0 Å². The highest BCUT2D eigenvalue weighted by molar-refractivity contribution is 8.03. The van der Waals surface area contributed by atoms with Crippen molar-refractivity contribution in [2.75, 3.05) is 11.4 Å². The molecule has 5 heteroatoms. The average Bonchev–Trinajstić information content (AvgIpc) is 3.33. The fourth-order valence-electron chi connectivity index (χ4n) is 3.93. The number of aryl methyl sites for hydroxylation is 1. The molecular weight excluding hydrogens is 543 g/mol. The molecule has 2 nitrogen and oxygen atoms in total. The topological polar surface area (TPSA) is 7.12 Å². The van der Waals surface area contributed by atoms with E-state index in [0.29, 0.717) is 0 Å². The van der Waals surface area contributed by atoms with Gasteiger partial charge < -0.3 is 28.9 Å². The number of hydrogen-bond acceptors (Lipinski definition) is 3. The molecule has 0 amide bonds. The van der Waals surface area contributed by atoms with Crippen LogP contribution in [0.1, 0.15) is 43.3 Å². The first-order valence-electron chi connectivity index (χ1n) is 10.8. The van der Waals surface area contributed by atoms with Crippen LogP contribution in [-0.4, -0.2) is 6.54 Å². The normalized spacial score (nSPS) is 14.5. The molecule has 2 heterocycles. The molecule has 2 aromatic carbocycles. The van der Waals surface area contributed by atoms with Gasteiger partial charge in [0.15, 0.2) is 0 Å². The van der Waals surface area contributed by atoms with Crippen LogP contribution in [0.3, 0.4) is 0 Å². The van der Waals surface area contributed by atoms with Gasteiger partial charge in [-0.3, -0.25) is 0 Å². The summed E-state index contributed by atoms with van der Waals surface area (Å²) in [5.74, 6) is 0. The SMILES string of the molecule is C=Cc1ccc2c(c1)S/C(=C\C(=C/c1sc3cc(C=C)ccc3[n+]1CC)CC)N2CC.[I-]. The zero-order valence-electron chi connectivity index (χ0n) is 18.9. The molecule has 0 spiro atoms. The van der Waals surface area contributed by atoms with E-state index in [9.17, 15) is 0 Å². The van der Waals surface area contributed by atoms with Crippen LogP contribution in [-0.2, 0) is 6.54 Å². The van der Waals surface area contributed by atoms with Crippen molar-refractivity contribution in [2.45, 2.75) is 38.6 Å². The van der Waals surface area contributed by atoms with Crippen LogP contribution in [0.4, 0.5) is 5.69 Å². The maximum absolute atomic E-state index is 3.91. The molecule has 1 aliphatic heterocycles. The van der Waals surface area contributed by atoms with Crippen molar-refractivity contribution in [3.05, 3.63) is 82.4 Å². The number of allylic oxidation sites excluding steroid dienone is 2. The predicted molar refractivity (Wildman–Crippen MR) is 140 cm³/mol. The van der Waals surface area contributed by atoms with Crippen LogP contribution in [0, 0.1) is 0 Å². The number of aromatic nitrogens is 1. The molecule has 4 rings (SSSR count). The summed E-state index contributed by atoms with van der Waals surface area (Å²) in [6, 6.07) is 13.2. The number of fused-ring (bicyclic) bond motifs is 2. The van der Waals surface area contributed by atoms with E-state index in [2.05, 4.69) is 91.9 Å². The molecule has 0 aliphatic carbocycles. The van der Waals surface area contributed by atoms with Crippen LogP contribution in [0.5, 0.6) is 0 Å². The third-order valence-electron chi connectivity index (χ3n) is 5.64. The number of benzene rings is 2. The van der Waals surface area contributed by atoms with Gasteiger partial charge in [-0.05, 0) is 67.3 Å². The molecule has 166 valence electrons. The Bertz CT molecular complexity index is 1220. The number of nitrogens with zero attached hydrogens (tertiary/aromatic N) is 2. The Morgan fingerprint density at radius 2 is 1.75 bits per heavy atom. The summed E-state index contributed by atoms with van der Waals surface area (Å²) in [5.41, 5.74) is 6.27. The van der Waals surface area contributed by atoms with E-state index in [1.807, 2.05) is 35.3 Å². The maximum atomic E-state index is 3.91. The lowest BCUT2D eigenvalue weighted by molar-refractivity contribution is -0.665. The first kappa shape index (κ1) is 24.8. The summed E-state index contributed by atoms with van der Waals surface area (Å²) < 4.78 is 3.72. The Labute approximate surface area is 217 Å². The molecule has 0 saturated heterocycles. The zero-order chi connectivity index (χ0) is 22.0. The van der Waals surface area contributed by atoms with Gasteiger partial charge in [-0.25, -0.2) is 0 Å². The second-order valence-electron chi connectivity index (χ2n) is 7.45. The van der Waals surface area contributed by atoms with Crippen LogP contribution in [0.2, 0.25) is 0 Å². The van der Waals surface area contributed by atoms with Crippen molar-refractivity contribution in [2.24, 2.45) is 0 Å². The molecule has 0 N–H and O–H groups in total. The molecule has 32 heavy (non-hydrogen) atoms. The Kier molecular flexibility index (Phi) is 8.42. The molecule has 0 radical (unpaired) electrons. The van der Waals surface area contributed by atoms with Gasteiger partial charge in [-0.2, -0.15) is 4.57 Å². The third-order valence-corrected chi connectivity index (χ3v) is 7.83. The Balaban J connectivity index is 0.00000289. The lowest BCUT2D eigenvalue weighted by Crippen LogP contribution is -3.00. The Morgan fingerprint density at radius 3 is 2.41 bits per heavy atom. The van der Waals surface area contributed by atoms with Crippen molar-refractivity contribution in [3.8, 4) is 0 Å². The quantitative estimate of drug-likeness (QED) is 0.298. The lowest BCUT2D eigenvalue weighted by atomic mass is 10.1. The molecule has 1 aliphatic rings. The molecule has 0 atom stereocenters. The summed E-state index contributed by atoms with van der Waals surface area (Å²) in [6.45, 7) is 16.4. The first-order valence-corrected chi connectivity index (χ1v) is 12.5. The number of thioether (sulfide) groups is 1. The minimum Gasteiger partial charge on any atom is -1.00 e. The van der Waals surface area contributed by atoms with Crippen LogP contribution in [0.25, 0.3) is 28.4 Å². The van der Waals surface area contributed by atoms with Crippen molar-refractivity contribution < 1.29 is 28.5 Å². The van der Waals surface area contributed by atoms with Gasteiger partial charge in [0, 0.05) is 23.6 Å². The van der Waals surface area contributed by atoms with E-state index in [4.69, 9.17) is 0 Å². The molecule has 0 fully saturated rings. The third kappa shape index (κ3) is 4.75. The van der Waals surface area contributed by atoms with E-state index >= 15 is 0 Å². The number of anilines is 1. The molecule has 1 aromatic heterocycles. The van der Waals surface area contributed by atoms with Crippen molar-refractivity contribution in [1.82, 2.24) is 0 Å².